The van der Waals surface area contributed by atoms with E-state index in [-0.39, 0.29) is 28.2 Å². The van der Waals surface area contributed by atoms with Crippen LogP contribution in [0, 0.1) is 11.6 Å². The van der Waals surface area contributed by atoms with Gasteiger partial charge in [0.15, 0.2) is 16.5 Å². The average Bonchev–Trinajstić information content (AvgIpc) is 3.07. The van der Waals surface area contributed by atoms with E-state index >= 15 is 0 Å². The standard InChI is InChI=1S/C15H10F2N4O3S2/c16-7-2-1-6(9(17)4-7)3-10-19-20-15(26-10)8-5-18-11(14(24)21-25)13(23)12(8)22/h1-2,4-5,23,25H,3H2,(H,18,22)(H,21,24). The number of hydrogen-bond acceptors (Lipinski definition) is 7. The maximum absolute atomic E-state index is 13.7. The quantitative estimate of drug-likeness (QED) is 0.505. The molecular weight excluding hydrogens is 386 g/mol. The van der Waals surface area contributed by atoms with Crippen molar-refractivity contribution >= 4 is 30.1 Å². The normalized spacial score (nSPS) is 10.7. The molecule has 0 aliphatic carbocycles. The van der Waals surface area contributed by atoms with Gasteiger partial charge in [0.2, 0.25) is 5.43 Å². The molecule has 26 heavy (non-hydrogen) atoms. The van der Waals surface area contributed by atoms with E-state index in [2.05, 4.69) is 28.0 Å². The molecule has 0 fully saturated rings. The second kappa shape index (κ2) is 7.22. The smallest absolute Gasteiger partial charge is 0.281 e. The van der Waals surface area contributed by atoms with Crippen LogP contribution < -0.4 is 10.2 Å². The Hall–Kier alpha value is -2.79. The molecule has 0 aliphatic rings. The van der Waals surface area contributed by atoms with Crippen molar-refractivity contribution in [2.24, 2.45) is 0 Å². The highest BCUT2D eigenvalue weighted by atomic mass is 32.1. The Labute approximate surface area is 154 Å². The van der Waals surface area contributed by atoms with Crippen LogP contribution in [-0.2, 0) is 6.42 Å². The van der Waals surface area contributed by atoms with Gasteiger partial charge in [0.05, 0.1) is 5.56 Å². The summed E-state index contributed by atoms with van der Waals surface area (Å²) in [7, 11) is 0. The molecule has 0 spiro atoms. The number of aromatic amines is 1. The maximum atomic E-state index is 13.7. The van der Waals surface area contributed by atoms with Gasteiger partial charge in [-0.2, -0.15) is 0 Å². The molecule has 7 nitrogen and oxygen atoms in total. The fourth-order valence-corrected chi connectivity index (χ4v) is 3.16. The van der Waals surface area contributed by atoms with Gasteiger partial charge in [-0.1, -0.05) is 30.2 Å². The van der Waals surface area contributed by atoms with Gasteiger partial charge in [-0.25, -0.2) is 8.78 Å². The Morgan fingerprint density at radius 1 is 1.35 bits per heavy atom. The largest absolute Gasteiger partial charge is 0.503 e. The number of halogens is 2. The van der Waals surface area contributed by atoms with Crippen LogP contribution in [0.5, 0.6) is 5.75 Å². The maximum Gasteiger partial charge on any atom is 0.281 e. The molecule has 0 unspecified atom stereocenters. The zero-order valence-corrected chi connectivity index (χ0v) is 14.5. The van der Waals surface area contributed by atoms with Gasteiger partial charge < -0.3 is 10.1 Å². The number of benzene rings is 1. The van der Waals surface area contributed by atoms with Crippen molar-refractivity contribution in [1.82, 2.24) is 19.9 Å². The molecule has 11 heteroatoms. The van der Waals surface area contributed by atoms with Crippen LogP contribution in [0.15, 0.2) is 29.2 Å². The van der Waals surface area contributed by atoms with E-state index < -0.39 is 28.7 Å². The van der Waals surface area contributed by atoms with Crippen molar-refractivity contribution in [3.63, 3.8) is 0 Å². The molecule has 0 aliphatic heterocycles. The Bertz CT molecular complexity index is 1050. The van der Waals surface area contributed by atoms with Crippen molar-refractivity contribution in [3.05, 3.63) is 62.5 Å². The average molecular weight is 396 g/mol. The number of nitrogens with one attached hydrogen (secondary N) is 2. The zero-order valence-electron chi connectivity index (χ0n) is 12.8. The number of amides is 1. The number of aromatic hydroxyl groups is 1. The number of H-pyrrole nitrogens is 1. The van der Waals surface area contributed by atoms with E-state index in [4.69, 9.17) is 0 Å². The van der Waals surface area contributed by atoms with E-state index in [0.29, 0.717) is 5.01 Å². The van der Waals surface area contributed by atoms with Crippen molar-refractivity contribution in [2.75, 3.05) is 0 Å². The van der Waals surface area contributed by atoms with Crippen LogP contribution in [0.1, 0.15) is 21.1 Å². The Kier molecular flexibility index (Phi) is 5.00. The third kappa shape index (κ3) is 3.44. The lowest BCUT2D eigenvalue weighted by Gasteiger charge is -2.03. The Morgan fingerprint density at radius 3 is 2.81 bits per heavy atom. The fraction of sp³-hybridized carbons (Fsp3) is 0.0667. The molecule has 0 bridgehead atoms. The summed E-state index contributed by atoms with van der Waals surface area (Å²) in [5.74, 6) is -2.95. The number of rotatable bonds is 4. The van der Waals surface area contributed by atoms with Gasteiger partial charge in [-0.15, -0.1) is 10.2 Å². The molecule has 134 valence electrons. The summed E-state index contributed by atoms with van der Waals surface area (Å²) in [5, 5.41) is 18.2. The number of carbonyl (C=O) groups is 1. The number of carbonyl (C=O) groups excluding carboxylic acids is 1. The number of nitrogens with zero attached hydrogens (tertiary/aromatic N) is 2. The second-order valence-corrected chi connectivity index (χ2v) is 6.40. The molecule has 0 saturated heterocycles. The van der Waals surface area contributed by atoms with E-state index in [1.165, 1.54) is 12.3 Å². The van der Waals surface area contributed by atoms with E-state index in [1.54, 1.807) is 0 Å². The van der Waals surface area contributed by atoms with E-state index in [1.807, 2.05) is 4.72 Å². The Morgan fingerprint density at radius 2 is 2.12 bits per heavy atom. The lowest BCUT2D eigenvalue weighted by Crippen LogP contribution is -2.19. The predicted octanol–water partition coefficient (Wildman–Crippen LogP) is 2.04. The molecule has 0 atom stereocenters. The van der Waals surface area contributed by atoms with Crippen LogP contribution in [-0.4, -0.2) is 26.2 Å². The monoisotopic (exact) mass is 396 g/mol. The van der Waals surface area contributed by atoms with Gasteiger partial charge >= 0.3 is 0 Å². The number of aromatic nitrogens is 3. The van der Waals surface area contributed by atoms with Crippen molar-refractivity contribution in [3.8, 4) is 16.3 Å². The highest BCUT2D eigenvalue weighted by Gasteiger charge is 2.19. The molecule has 3 aromatic rings. The summed E-state index contributed by atoms with van der Waals surface area (Å²) in [4.78, 5) is 26.2. The Balaban J connectivity index is 1.92. The first-order chi connectivity index (χ1) is 12.4. The number of pyridine rings is 1. The summed E-state index contributed by atoms with van der Waals surface area (Å²) in [6, 6.07) is 3.20. The summed E-state index contributed by atoms with van der Waals surface area (Å²) in [6.45, 7) is 0. The van der Waals surface area contributed by atoms with Crippen LogP contribution in [0.25, 0.3) is 10.6 Å². The molecule has 1 aromatic carbocycles. The zero-order chi connectivity index (χ0) is 18.8. The lowest BCUT2D eigenvalue weighted by atomic mass is 10.1. The molecule has 2 aromatic heterocycles. The minimum Gasteiger partial charge on any atom is -0.503 e. The predicted molar refractivity (Wildman–Crippen MR) is 93.2 cm³/mol. The van der Waals surface area contributed by atoms with E-state index in [9.17, 15) is 23.5 Å². The lowest BCUT2D eigenvalue weighted by molar-refractivity contribution is 0.0977. The van der Waals surface area contributed by atoms with Gasteiger partial charge in [-0.05, 0) is 11.6 Å². The van der Waals surface area contributed by atoms with Crippen molar-refractivity contribution in [2.45, 2.75) is 6.42 Å². The minimum atomic E-state index is -0.814. The van der Waals surface area contributed by atoms with Crippen molar-refractivity contribution in [1.29, 1.82) is 0 Å². The molecular formula is C15H10F2N4O3S2. The van der Waals surface area contributed by atoms with E-state index in [0.717, 1.165) is 23.5 Å². The first-order valence-electron chi connectivity index (χ1n) is 7.06. The topological polar surface area (TPSA) is 108 Å². The molecule has 3 rings (SSSR count). The highest BCUT2D eigenvalue weighted by Crippen LogP contribution is 2.25. The molecule has 3 N–H and O–H groups in total. The van der Waals surface area contributed by atoms with Gasteiger partial charge in [-0.3, -0.25) is 14.3 Å². The van der Waals surface area contributed by atoms with Crippen LogP contribution in [0.2, 0.25) is 0 Å². The fourth-order valence-electron chi connectivity index (χ4n) is 2.17. The second-order valence-electron chi connectivity index (χ2n) is 5.11. The summed E-state index contributed by atoms with van der Waals surface area (Å²) < 4.78 is 28.7. The third-order valence-electron chi connectivity index (χ3n) is 3.44. The number of hydrogen-bond donors (Lipinski definition) is 4. The van der Waals surface area contributed by atoms with Crippen molar-refractivity contribution < 1.29 is 18.7 Å². The van der Waals surface area contributed by atoms with Gasteiger partial charge in [0.1, 0.15) is 16.6 Å². The van der Waals surface area contributed by atoms with Crippen LogP contribution >= 0.6 is 24.2 Å². The molecule has 2 heterocycles. The summed E-state index contributed by atoms with van der Waals surface area (Å²) in [6.07, 6.45) is 1.27. The summed E-state index contributed by atoms with van der Waals surface area (Å²) >= 11 is 4.57. The van der Waals surface area contributed by atoms with Crippen LogP contribution in [0.4, 0.5) is 8.78 Å². The first-order valence-corrected chi connectivity index (χ1v) is 8.33. The molecule has 0 radical (unpaired) electrons. The summed E-state index contributed by atoms with van der Waals surface area (Å²) in [5.41, 5.74) is -0.925. The SMILES string of the molecule is O=C(NS)c1[nH]cc(-c2nnc(Cc3ccc(F)cc3F)s2)c(=O)c1O. The minimum absolute atomic E-state index is 0.00143. The molecule has 0 saturated carbocycles. The highest BCUT2D eigenvalue weighted by molar-refractivity contribution is 7.78. The number of thiol groups is 1. The van der Waals surface area contributed by atoms with Gasteiger partial charge in [0.25, 0.3) is 5.91 Å². The molecule has 1 amide bonds. The first kappa shape index (κ1) is 18.0. The van der Waals surface area contributed by atoms with Gasteiger partial charge in [0, 0.05) is 18.7 Å². The van der Waals surface area contributed by atoms with Crippen LogP contribution in [0.3, 0.4) is 0 Å². The third-order valence-corrected chi connectivity index (χ3v) is 4.60.